The van der Waals surface area contributed by atoms with Crippen molar-refractivity contribution in [3.63, 3.8) is 0 Å². The number of carbonyl (C=O) groups is 2. The van der Waals surface area contributed by atoms with Crippen molar-refractivity contribution in [3.05, 3.63) is 18.0 Å². The first-order valence-corrected chi connectivity index (χ1v) is 6.72. The van der Waals surface area contributed by atoms with Gasteiger partial charge in [-0.15, -0.1) is 0 Å². The second-order valence-corrected chi connectivity index (χ2v) is 5.32. The fraction of sp³-hybridized carbons (Fsp3) is 0.615. The lowest BCUT2D eigenvalue weighted by Crippen LogP contribution is -2.44. The Hall–Kier alpha value is -1.89. The predicted molar refractivity (Wildman–Crippen MR) is 71.7 cm³/mol. The largest absolute Gasteiger partial charge is 0.481 e. The molecule has 0 bridgehead atoms. The van der Waals surface area contributed by atoms with Crippen molar-refractivity contribution in [2.45, 2.75) is 25.3 Å². The van der Waals surface area contributed by atoms with Gasteiger partial charge in [0, 0.05) is 38.3 Å². The number of carbonyl (C=O) groups excluding carboxylic acids is 1. The highest BCUT2D eigenvalue weighted by Gasteiger charge is 2.29. The van der Waals surface area contributed by atoms with E-state index in [0.29, 0.717) is 18.7 Å². The van der Waals surface area contributed by atoms with Gasteiger partial charge in [-0.25, -0.2) is 0 Å². The van der Waals surface area contributed by atoms with Gasteiger partial charge in [0.25, 0.3) is 0 Å². The molecule has 1 saturated heterocycles. The Bertz CT molecular complexity index is 500. The van der Waals surface area contributed by atoms with E-state index in [1.165, 1.54) is 0 Å². The standard InChI is InChI=1S/C13H20N4O3/c1-16-8-10(6-15-16)12(14)13(20)17-4-2-3-9(7-17)5-11(18)19/h6,8-9,12H,2-5,7,14H2,1H3,(H,18,19). The van der Waals surface area contributed by atoms with Crippen LogP contribution in [0.25, 0.3) is 0 Å². The highest BCUT2D eigenvalue weighted by Crippen LogP contribution is 2.22. The van der Waals surface area contributed by atoms with Crippen molar-refractivity contribution in [3.8, 4) is 0 Å². The molecule has 0 aliphatic carbocycles. The molecule has 2 atom stereocenters. The third-order valence-corrected chi connectivity index (χ3v) is 3.64. The van der Waals surface area contributed by atoms with E-state index in [9.17, 15) is 9.59 Å². The highest BCUT2D eigenvalue weighted by molar-refractivity contribution is 5.83. The third-order valence-electron chi connectivity index (χ3n) is 3.64. The lowest BCUT2D eigenvalue weighted by atomic mass is 9.94. The number of likely N-dealkylation sites (tertiary alicyclic amines) is 1. The summed E-state index contributed by atoms with van der Waals surface area (Å²) in [6.45, 7) is 1.11. The van der Waals surface area contributed by atoms with Gasteiger partial charge < -0.3 is 15.7 Å². The van der Waals surface area contributed by atoms with E-state index < -0.39 is 12.0 Å². The molecule has 0 radical (unpaired) electrons. The van der Waals surface area contributed by atoms with Crippen molar-refractivity contribution in [2.75, 3.05) is 13.1 Å². The average molecular weight is 280 g/mol. The summed E-state index contributed by atoms with van der Waals surface area (Å²) < 4.78 is 1.60. The first-order valence-electron chi connectivity index (χ1n) is 6.72. The van der Waals surface area contributed by atoms with Crippen LogP contribution in [-0.2, 0) is 16.6 Å². The van der Waals surface area contributed by atoms with Crippen LogP contribution in [0.2, 0.25) is 0 Å². The molecule has 1 aliphatic heterocycles. The quantitative estimate of drug-likeness (QED) is 0.816. The van der Waals surface area contributed by atoms with Crippen LogP contribution in [0.3, 0.4) is 0 Å². The van der Waals surface area contributed by atoms with Crippen LogP contribution in [0.1, 0.15) is 30.9 Å². The summed E-state index contributed by atoms with van der Waals surface area (Å²) in [5.41, 5.74) is 6.65. The summed E-state index contributed by atoms with van der Waals surface area (Å²) in [5.74, 6) is -0.958. The number of nitrogens with zero attached hydrogens (tertiary/aromatic N) is 3. The summed E-state index contributed by atoms with van der Waals surface area (Å²) in [6.07, 6.45) is 5.08. The Balaban J connectivity index is 1.99. The number of carboxylic acids is 1. The Morgan fingerprint density at radius 1 is 1.60 bits per heavy atom. The fourth-order valence-electron chi connectivity index (χ4n) is 2.62. The zero-order valence-corrected chi connectivity index (χ0v) is 11.5. The first-order chi connectivity index (χ1) is 9.47. The zero-order valence-electron chi connectivity index (χ0n) is 11.5. The maximum absolute atomic E-state index is 12.4. The summed E-state index contributed by atoms with van der Waals surface area (Å²) in [6, 6.07) is -0.729. The Morgan fingerprint density at radius 3 is 2.95 bits per heavy atom. The highest BCUT2D eigenvalue weighted by atomic mass is 16.4. The zero-order chi connectivity index (χ0) is 14.7. The van der Waals surface area contributed by atoms with Gasteiger partial charge in [0.2, 0.25) is 5.91 Å². The van der Waals surface area contributed by atoms with Gasteiger partial charge in [-0.1, -0.05) is 0 Å². The van der Waals surface area contributed by atoms with Crippen molar-refractivity contribution in [1.29, 1.82) is 0 Å². The van der Waals surface area contributed by atoms with E-state index in [-0.39, 0.29) is 18.2 Å². The van der Waals surface area contributed by atoms with Crippen LogP contribution < -0.4 is 5.73 Å². The molecule has 0 aromatic carbocycles. The second kappa shape index (κ2) is 6.04. The molecule has 7 heteroatoms. The van der Waals surface area contributed by atoms with Gasteiger partial charge in [-0.3, -0.25) is 14.3 Å². The lowest BCUT2D eigenvalue weighted by Gasteiger charge is -2.33. The number of aliphatic carboxylic acids is 1. The molecular formula is C13H20N4O3. The van der Waals surface area contributed by atoms with E-state index in [0.717, 1.165) is 12.8 Å². The molecule has 2 rings (SSSR count). The molecule has 1 aromatic heterocycles. The van der Waals surface area contributed by atoms with Crippen LogP contribution in [-0.4, -0.2) is 44.8 Å². The van der Waals surface area contributed by atoms with Gasteiger partial charge >= 0.3 is 5.97 Å². The van der Waals surface area contributed by atoms with Crippen LogP contribution >= 0.6 is 0 Å². The molecule has 3 N–H and O–H groups in total. The summed E-state index contributed by atoms with van der Waals surface area (Å²) in [5, 5.41) is 12.8. The Morgan fingerprint density at radius 2 is 2.35 bits per heavy atom. The van der Waals surface area contributed by atoms with Gasteiger partial charge in [0.1, 0.15) is 6.04 Å². The van der Waals surface area contributed by atoms with E-state index in [1.807, 2.05) is 0 Å². The fourth-order valence-corrected chi connectivity index (χ4v) is 2.62. The second-order valence-electron chi connectivity index (χ2n) is 5.32. The number of nitrogens with two attached hydrogens (primary N) is 1. The number of piperidine rings is 1. The minimum Gasteiger partial charge on any atom is -0.481 e. The molecule has 20 heavy (non-hydrogen) atoms. The maximum atomic E-state index is 12.4. The number of carboxylic acid groups (broad SMARTS) is 1. The summed E-state index contributed by atoms with van der Waals surface area (Å²) >= 11 is 0. The number of aryl methyl sites for hydroxylation is 1. The minimum atomic E-state index is -0.819. The smallest absolute Gasteiger partial charge is 0.303 e. The molecular weight excluding hydrogens is 260 g/mol. The van der Waals surface area contributed by atoms with E-state index >= 15 is 0 Å². The number of rotatable bonds is 4. The van der Waals surface area contributed by atoms with Gasteiger partial charge in [-0.2, -0.15) is 5.10 Å². The van der Waals surface area contributed by atoms with Crippen molar-refractivity contribution in [2.24, 2.45) is 18.7 Å². The number of aromatic nitrogens is 2. The Kier molecular flexibility index (Phi) is 4.39. The summed E-state index contributed by atoms with van der Waals surface area (Å²) in [7, 11) is 1.77. The van der Waals surface area contributed by atoms with E-state index in [4.69, 9.17) is 10.8 Å². The van der Waals surface area contributed by atoms with Gasteiger partial charge in [0.15, 0.2) is 0 Å². The minimum absolute atomic E-state index is 0.0197. The predicted octanol–water partition coefficient (Wildman–Crippen LogP) is 0.133. The topological polar surface area (TPSA) is 101 Å². The molecule has 1 aliphatic rings. The number of hydrogen-bond acceptors (Lipinski definition) is 4. The van der Waals surface area contributed by atoms with Crippen LogP contribution in [0.5, 0.6) is 0 Å². The molecule has 2 heterocycles. The molecule has 110 valence electrons. The monoisotopic (exact) mass is 280 g/mol. The number of amides is 1. The Labute approximate surface area is 117 Å². The maximum Gasteiger partial charge on any atom is 0.303 e. The van der Waals surface area contributed by atoms with Gasteiger partial charge in [-0.05, 0) is 18.8 Å². The number of hydrogen-bond donors (Lipinski definition) is 2. The van der Waals surface area contributed by atoms with Crippen molar-refractivity contribution in [1.82, 2.24) is 14.7 Å². The van der Waals surface area contributed by atoms with Crippen molar-refractivity contribution >= 4 is 11.9 Å². The molecule has 0 saturated carbocycles. The molecule has 0 spiro atoms. The normalized spacial score (nSPS) is 20.7. The third kappa shape index (κ3) is 3.36. The van der Waals surface area contributed by atoms with Gasteiger partial charge in [0.05, 0.1) is 6.20 Å². The molecule has 2 unspecified atom stereocenters. The van der Waals surface area contributed by atoms with Crippen LogP contribution in [0, 0.1) is 5.92 Å². The molecule has 7 nitrogen and oxygen atoms in total. The molecule has 1 fully saturated rings. The van der Waals surface area contributed by atoms with Crippen LogP contribution in [0.4, 0.5) is 0 Å². The first kappa shape index (κ1) is 14.5. The SMILES string of the molecule is Cn1cc(C(N)C(=O)N2CCCC(CC(=O)O)C2)cn1. The molecule has 1 aromatic rings. The average Bonchev–Trinajstić information content (AvgIpc) is 2.83. The van der Waals surface area contributed by atoms with E-state index in [1.54, 1.807) is 29.0 Å². The summed E-state index contributed by atoms with van der Waals surface area (Å²) in [4.78, 5) is 24.8. The van der Waals surface area contributed by atoms with E-state index in [2.05, 4.69) is 5.10 Å². The van der Waals surface area contributed by atoms with Crippen molar-refractivity contribution < 1.29 is 14.7 Å². The lowest BCUT2D eigenvalue weighted by molar-refractivity contribution is -0.141. The molecule has 1 amide bonds. The van der Waals surface area contributed by atoms with Crippen LogP contribution in [0.15, 0.2) is 12.4 Å².